The van der Waals surface area contributed by atoms with Crippen molar-refractivity contribution in [3.63, 3.8) is 0 Å². The van der Waals surface area contributed by atoms with Crippen molar-refractivity contribution in [3.05, 3.63) is 34.9 Å². The van der Waals surface area contributed by atoms with Gasteiger partial charge in [-0.15, -0.1) is 0 Å². The lowest BCUT2D eigenvalue weighted by Gasteiger charge is -2.34. The number of carbonyl (C=O) groups is 2. The predicted octanol–water partition coefficient (Wildman–Crippen LogP) is 1.57. The van der Waals surface area contributed by atoms with E-state index in [0.717, 1.165) is 0 Å². The Hall–Kier alpha value is -1.59. The molecule has 0 spiro atoms. The van der Waals surface area contributed by atoms with Gasteiger partial charge in [-0.25, -0.2) is 0 Å². The van der Waals surface area contributed by atoms with Gasteiger partial charge in [-0.1, -0.05) is 17.7 Å². The number of carbonyl (C=O) groups excluding carboxylic acids is 1. The summed E-state index contributed by atoms with van der Waals surface area (Å²) in [7, 11) is 0. The molecule has 0 unspecified atom stereocenters. The first-order chi connectivity index (χ1) is 9.56. The topological polar surface area (TPSA) is 60.9 Å². The molecule has 0 radical (unpaired) electrons. The van der Waals surface area contributed by atoms with Crippen LogP contribution >= 0.6 is 11.6 Å². The van der Waals surface area contributed by atoms with Crippen LogP contribution in [0.4, 0.5) is 0 Å². The maximum Gasteiger partial charge on any atom is 0.304 e. The summed E-state index contributed by atoms with van der Waals surface area (Å²) in [6, 6.07) is 6.92. The molecule has 1 heterocycles. The number of benzene rings is 1. The second-order valence-electron chi connectivity index (χ2n) is 4.79. The van der Waals surface area contributed by atoms with Crippen LogP contribution in [0.3, 0.4) is 0 Å². The van der Waals surface area contributed by atoms with Crippen molar-refractivity contribution < 1.29 is 14.7 Å². The van der Waals surface area contributed by atoms with Crippen molar-refractivity contribution >= 4 is 23.5 Å². The smallest absolute Gasteiger partial charge is 0.304 e. The number of carboxylic acid groups (broad SMARTS) is 1. The Labute approximate surface area is 122 Å². The van der Waals surface area contributed by atoms with Gasteiger partial charge in [0.1, 0.15) is 0 Å². The molecule has 5 nitrogen and oxygen atoms in total. The van der Waals surface area contributed by atoms with E-state index in [1.807, 2.05) is 0 Å². The highest BCUT2D eigenvalue weighted by Gasteiger charge is 2.22. The number of piperazine rings is 1. The molecule has 0 bridgehead atoms. The van der Waals surface area contributed by atoms with Crippen LogP contribution in [0.25, 0.3) is 0 Å². The number of hydrogen-bond donors (Lipinski definition) is 1. The molecule has 1 aliphatic rings. The van der Waals surface area contributed by atoms with Gasteiger partial charge in [0, 0.05) is 43.3 Å². The third-order valence-electron chi connectivity index (χ3n) is 3.37. The predicted molar refractivity (Wildman–Crippen MR) is 76.0 cm³/mol. The monoisotopic (exact) mass is 296 g/mol. The maximum absolute atomic E-state index is 12.3. The quantitative estimate of drug-likeness (QED) is 0.916. The Morgan fingerprint density at radius 1 is 1.20 bits per heavy atom. The van der Waals surface area contributed by atoms with Gasteiger partial charge in [-0.05, 0) is 18.2 Å². The Bertz CT molecular complexity index is 499. The number of carboxylic acids is 1. The minimum atomic E-state index is -0.789. The van der Waals surface area contributed by atoms with Gasteiger partial charge in [-0.2, -0.15) is 0 Å². The lowest BCUT2D eigenvalue weighted by Crippen LogP contribution is -2.49. The number of hydrogen-bond acceptors (Lipinski definition) is 3. The van der Waals surface area contributed by atoms with Crippen LogP contribution in [0.2, 0.25) is 5.02 Å². The van der Waals surface area contributed by atoms with E-state index in [0.29, 0.717) is 43.3 Å². The van der Waals surface area contributed by atoms with Crippen LogP contribution in [-0.4, -0.2) is 59.5 Å². The summed E-state index contributed by atoms with van der Waals surface area (Å²) in [4.78, 5) is 26.7. The molecule has 1 aliphatic heterocycles. The fourth-order valence-electron chi connectivity index (χ4n) is 2.23. The van der Waals surface area contributed by atoms with Gasteiger partial charge in [0.05, 0.1) is 6.42 Å². The molecule has 1 amide bonds. The van der Waals surface area contributed by atoms with Gasteiger partial charge < -0.3 is 10.0 Å². The largest absolute Gasteiger partial charge is 0.481 e. The van der Waals surface area contributed by atoms with Crippen LogP contribution in [0, 0.1) is 0 Å². The molecule has 1 fully saturated rings. The van der Waals surface area contributed by atoms with E-state index in [1.54, 1.807) is 29.2 Å². The van der Waals surface area contributed by atoms with Gasteiger partial charge >= 0.3 is 5.97 Å². The number of nitrogens with zero attached hydrogens (tertiary/aromatic N) is 2. The summed E-state index contributed by atoms with van der Waals surface area (Å²) in [5.41, 5.74) is 0.594. The van der Waals surface area contributed by atoms with Gasteiger partial charge in [0.15, 0.2) is 0 Å². The summed E-state index contributed by atoms with van der Waals surface area (Å²) in [5, 5.41) is 9.21. The van der Waals surface area contributed by atoms with Crippen LogP contribution in [0.5, 0.6) is 0 Å². The molecular formula is C14H17ClN2O3. The summed E-state index contributed by atoms with van der Waals surface area (Å²) < 4.78 is 0. The van der Waals surface area contributed by atoms with E-state index < -0.39 is 5.97 Å². The standard InChI is InChI=1S/C14H17ClN2O3/c15-12-3-1-2-11(10-12)14(20)17-8-6-16(7-9-17)5-4-13(18)19/h1-3,10H,4-9H2,(H,18,19). The van der Waals surface area contributed by atoms with Crippen LogP contribution < -0.4 is 0 Å². The van der Waals surface area contributed by atoms with E-state index in [2.05, 4.69) is 4.90 Å². The van der Waals surface area contributed by atoms with Crippen molar-refractivity contribution in [2.75, 3.05) is 32.7 Å². The Kier molecular flexibility index (Phi) is 4.98. The van der Waals surface area contributed by atoms with Gasteiger partial charge in [0.2, 0.25) is 0 Å². The zero-order valence-electron chi connectivity index (χ0n) is 11.1. The average molecular weight is 297 g/mol. The molecule has 1 aromatic carbocycles. The van der Waals surface area contributed by atoms with Crippen molar-refractivity contribution in [3.8, 4) is 0 Å². The van der Waals surface area contributed by atoms with Crippen LogP contribution in [0.15, 0.2) is 24.3 Å². The molecule has 0 aromatic heterocycles. The first-order valence-electron chi connectivity index (χ1n) is 6.55. The fraction of sp³-hybridized carbons (Fsp3) is 0.429. The Morgan fingerprint density at radius 3 is 2.50 bits per heavy atom. The molecule has 6 heteroatoms. The van der Waals surface area contributed by atoms with E-state index >= 15 is 0 Å². The SMILES string of the molecule is O=C(O)CCN1CCN(C(=O)c2cccc(Cl)c2)CC1. The zero-order chi connectivity index (χ0) is 14.5. The van der Waals surface area contributed by atoms with Crippen molar-refractivity contribution in [1.82, 2.24) is 9.80 Å². The number of amides is 1. The molecule has 0 aliphatic carbocycles. The molecule has 1 aromatic rings. The normalized spacial score (nSPS) is 16.1. The molecule has 1 N–H and O–H groups in total. The second kappa shape index (κ2) is 6.72. The molecule has 2 rings (SSSR count). The molecule has 0 saturated carbocycles. The van der Waals surface area contributed by atoms with E-state index in [-0.39, 0.29) is 12.3 Å². The van der Waals surface area contributed by atoms with E-state index in [1.165, 1.54) is 0 Å². The third kappa shape index (κ3) is 3.95. The lowest BCUT2D eigenvalue weighted by atomic mass is 10.2. The maximum atomic E-state index is 12.3. The van der Waals surface area contributed by atoms with Gasteiger partial charge in [0.25, 0.3) is 5.91 Å². The zero-order valence-corrected chi connectivity index (χ0v) is 11.8. The highest BCUT2D eigenvalue weighted by molar-refractivity contribution is 6.30. The summed E-state index contributed by atoms with van der Waals surface area (Å²) in [6.07, 6.45) is 0.141. The first kappa shape index (κ1) is 14.8. The van der Waals surface area contributed by atoms with Crippen LogP contribution in [0.1, 0.15) is 16.8 Å². The number of aliphatic carboxylic acids is 1. The molecule has 1 saturated heterocycles. The van der Waals surface area contributed by atoms with E-state index in [4.69, 9.17) is 16.7 Å². The highest BCUT2D eigenvalue weighted by atomic mass is 35.5. The molecule has 108 valence electrons. The minimum Gasteiger partial charge on any atom is -0.481 e. The number of rotatable bonds is 4. The van der Waals surface area contributed by atoms with Gasteiger partial charge in [-0.3, -0.25) is 14.5 Å². The first-order valence-corrected chi connectivity index (χ1v) is 6.93. The fourth-order valence-corrected chi connectivity index (χ4v) is 2.42. The summed E-state index contributed by atoms with van der Waals surface area (Å²) in [6.45, 7) is 3.18. The third-order valence-corrected chi connectivity index (χ3v) is 3.61. The minimum absolute atomic E-state index is 0.0228. The summed E-state index contributed by atoms with van der Waals surface area (Å²) >= 11 is 5.89. The highest BCUT2D eigenvalue weighted by Crippen LogP contribution is 2.14. The summed E-state index contributed by atoms with van der Waals surface area (Å²) in [5.74, 6) is -0.812. The molecule has 0 atom stereocenters. The van der Waals surface area contributed by atoms with Crippen molar-refractivity contribution in [2.24, 2.45) is 0 Å². The van der Waals surface area contributed by atoms with E-state index in [9.17, 15) is 9.59 Å². The van der Waals surface area contributed by atoms with Crippen molar-refractivity contribution in [1.29, 1.82) is 0 Å². The average Bonchev–Trinajstić information content (AvgIpc) is 2.45. The van der Waals surface area contributed by atoms with Crippen LogP contribution in [-0.2, 0) is 4.79 Å². The molecular weight excluding hydrogens is 280 g/mol. The number of halogens is 1. The molecule has 20 heavy (non-hydrogen) atoms. The van der Waals surface area contributed by atoms with Crippen molar-refractivity contribution in [2.45, 2.75) is 6.42 Å². The Balaban J connectivity index is 1.87. The second-order valence-corrected chi connectivity index (χ2v) is 5.22. The Morgan fingerprint density at radius 2 is 1.90 bits per heavy atom. The lowest BCUT2D eigenvalue weighted by molar-refractivity contribution is -0.137.